The molecule has 2 heterocycles. The summed E-state index contributed by atoms with van der Waals surface area (Å²) in [6, 6.07) is 12.9. The predicted octanol–water partition coefficient (Wildman–Crippen LogP) is 4.32. The molecule has 0 radical (unpaired) electrons. The number of ether oxygens (including phenoxy) is 1. The lowest BCUT2D eigenvalue weighted by atomic mass is 10.2. The van der Waals surface area contributed by atoms with Crippen molar-refractivity contribution in [1.29, 1.82) is 0 Å². The standard InChI is InChI=1S/C16H12N2O4S2/c19-14(20)12-13(11-7-4-8-23-11)24-15(17-12)18-16(21)22-9-10-5-2-1-3-6-10/h1-8H,9H2,(H,19,20)(H,17,18,21). The van der Waals surface area contributed by atoms with Gasteiger partial charge in [0.2, 0.25) is 0 Å². The molecule has 0 unspecified atom stereocenters. The van der Waals surface area contributed by atoms with Crippen LogP contribution in [0, 0.1) is 0 Å². The fourth-order valence-electron chi connectivity index (χ4n) is 1.94. The van der Waals surface area contributed by atoms with Gasteiger partial charge in [0.1, 0.15) is 6.61 Å². The van der Waals surface area contributed by atoms with E-state index in [9.17, 15) is 14.7 Å². The molecule has 3 rings (SSSR count). The number of nitrogens with one attached hydrogen (secondary N) is 1. The maximum Gasteiger partial charge on any atom is 0.413 e. The average Bonchev–Trinajstić information content (AvgIpc) is 3.23. The van der Waals surface area contributed by atoms with Crippen molar-refractivity contribution in [1.82, 2.24) is 4.98 Å². The Morgan fingerprint density at radius 3 is 2.62 bits per heavy atom. The Hall–Kier alpha value is -2.71. The molecule has 0 aliphatic heterocycles. The molecule has 122 valence electrons. The summed E-state index contributed by atoms with van der Waals surface area (Å²) in [6.07, 6.45) is -0.678. The summed E-state index contributed by atoms with van der Waals surface area (Å²) in [7, 11) is 0. The number of carboxylic acids is 1. The van der Waals surface area contributed by atoms with Gasteiger partial charge in [-0.3, -0.25) is 5.32 Å². The maximum absolute atomic E-state index is 11.9. The average molecular weight is 360 g/mol. The van der Waals surface area contributed by atoms with E-state index in [1.54, 1.807) is 0 Å². The van der Waals surface area contributed by atoms with E-state index >= 15 is 0 Å². The first kappa shape index (κ1) is 16.2. The topological polar surface area (TPSA) is 88.5 Å². The van der Waals surface area contributed by atoms with E-state index in [1.807, 2.05) is 47.8 Å². The highest BCUT2D eigenvalue weighted by Gasteiger charge is 2.20. The summed E-state index contributed by atoms with van der Waals surface area (Å²) < 4.78 is 5.10. The lowest BCUT2D eigenvalue weighted by Gasteiger charge is -2.04. The Labute approximate surface area is 145 Å². The van der Waals surface area contributed by atoms with Crippen LogP contribution in [0.1, 0.15) is 16.1 Å². The van der Waals surface area contributed by atoms with Crippen LogP contribution in [-0.4, -0.2) is 22.2 Å². The van der Waals surface area contributed by atoms with Crippen molar-refractivity contribution in [3.8, 4) is 9.75 Å². The number of anilines is 1. The second kappa shape index (κ2) is 7.24. The minimum Gasteiger partial charge on any atom is -0.476 e. The van der Waals surface area contributed by atoms with E-state index < -0.39 is 12.1 Å². The van der Waals surface area contributed by atoms with Crippen LogP contribution in [0.2, 0.25) is 0 Å². The quantitative estimate of drug-likeness (QED) is 0.707. The first-order valence-electron chi connectivity index (χ1n) is 6.89. The minimum atomic E-state index is -1.14. The van der Waals surface area contributed by atoms with Crippen LogP contribution in [0.25, 0.3) is 9.75 Å². The van der Waals surface area contributed by atoms with Crippen LogP contribution in [0.3, 0.4) is 0 Å². The number of amides is 1. The number of aromatic carboxylic acids is 1. The fraction of sp³-hybridized carbons (Fsp3) is 0.0625. The van der Waals surface area contributed by atoms with Crippen LogP contribution in [-0.2, 0) is 11.3 Å². The molecule has 6 nitrogen and oxygen atoms in total. The van der Waals surface area contributed by atoms with Gasteiger partial charge in [-0.15, -0.1) is 11.3 Å². The van der Waals surface area contributed by atoms with E-state index in [0.29, 0.717) is 4.88 Å². The Morgan fingerprint density at radius 2 is 1.96 bits per heavy atom. The van der Waals surface area contributed by atoms with Gasteiger partial charge in [-0.1, -0.05) is 47.7 Å². The number of benzene rings is 1. The Bertz CT molecular complexity index is 844. The normalized spacial score (nSPS) is 10.3. The molecule has 0 saturated heterocycles. The smallest absolute Gasteiger partial charge is 0.413 e. The minimum absolute atomic E-state index is 0.0826. The molecule has 2 aromatic heterocycles. The molecule has 0 bridgehead atoms. The third kappa shape index (κ3) is 3.79. The van der Waals surface area contributed by atoms with Crippen LogP contribution < -0.4 is 5.32 Å². The highest BCUT2D eigenvalue weighted by Crippen LogP contribution is 2.35. The lowest BCUT2D eigenvalue weighted by molar-refractivity contribution is 0.0692. The number of carbonyl (C=O) groups excluding carboxylic acids is 1. The molecule has 0 aliphatic carbocycles. The maximum atomic E-state index is 11.9. The van der Waals surface area contributed by atoms with E-state index in [4.69, 9.17) is 4.74 Å². The van der Waals surface area contributed by atoms with Gasteiger partial charge >= 0.3 is 12.1 Å². The number of thiazole rings is 1. The molecule has 0 saturated carbocycles. The van der Waals surface area contributed by atoms with Crippen molar-refractivity contribution in [2.24, 2.45) is 0 Å². The number of thiophene rings is 1. The van der Waals surface area contributed by atoms with Crippen LogP contribution in [0.5, 0.6) is 0 Å². The largest absolute Gasteiger partial charge is 0.476 e. The van der Waals surface area contributed by atoms with E-state index in [0.717, 1.165) is 21.8 Å². The Morgan fingerprint density at radius 1 is 1.17 bits per heavy atom. The fourth-order valence-corrected chi connectivity index (χ4v) is 3.74. The summed E-state index contributed by atoms with van der Waals surface area (Å²) in [5, 5.41) is 13.8. The zero-order chi connectivity index (χ0) is 16.9. The van der Waals surface area contributed by atoms with Crippen molar-refractivity contribution < 1.29 is 19.4 Å². The van der Waals surface area contributed by atoms with E-state index in [2.05, 4.69) is 10.3 Å². The van der Waals surface area contributed by atoms with Crippen molar-refractivity contribution in [3.05, 3.63) is 59.1 Å². The van der Waals surface area contributed by atoms with Crippen LogP contribution in [0.15, 0.2) is 47.8 Å². The second-order valence-electron chi connectivity index (χ2n) is 4.67. The number of hydrogen-bond acceptors (Lipinski definition) is 6. The molecule has 0 aliphatic rings. The van der Waals surface area contributed by atoms with Gasteiger partial charge in [0.05, 0.1) is 4.88 Å². The molecule has 1 aromatic carbocycles. The van der Waals surface area contributed by atoms with Gasteiger partial charge in [-0.05, 0) is 17.0 Å². The molecule has 0 atom stereocenters. The monoisotopic (exact) mass is 360 g/mol. The molecule has 8 heteroatoms. The van der Waals surface area contributed by atoms with Crippen LogP contribution in [0.4, 0.5) is 9.93 Å². The number of carbonyl (C=O) groups is 2. The number of aromatic nitrogens is 1. The predicted molar refractivity (Wildman–Crippen MR) is 92.6 cm³/mol. The Kier molecular flexibility index (Phi) is 4.88. The van der Waals surface area contributed by atoms with E-state index in [-0.39, 0.29) is 17.4 Å². The van der Waals surface area contributed by atoms with E-state index in [1.165, 1.54) is 11.3 Å². The van der Waals surface area contributed by atoms with Gasteiger partial charge < -0.3 is 9.84 Å². The molecule has 3 aromatic rings. The van der Waals surface area contributed by atoms with Crippen molar-refractivity contribution >= 4 is 39.9 Å². The zero-order valence-corrected chi connectivity index (χ0v) is 13.9. The summed E-state index contributed by atoms with van der Waals surface area (Å²) in [5.74, 6) is -1.14. The third-order valence-corrected chi connectivity index (χ3v) is 5.02. The van der Waals surface area contributed by atoms with Gasteiger partial charge in [0.25, 0.3) is 0 Å². The molecular formula is C16H12N2O4S2. The molecule has 2 N–H and O–H groups in total. The first-order chi connectivity index (χ1) is 11.6. The van der Waals surface area contributed by atoms with Crippen molar-refractivity contribution in [3.63, 3.8) is 0 Å². The number of hydrogen-bond donors (Lipinski definition) is 2. The highest BCUT2D eigenvalue weighted by atomic mass is 32.1. The summed E-state index contributed by atoms with van der Waals surface area (Å²) in [5.41, 5.74) is 0.776. The molecule has 0 fully saturated rings. The van der Waals surface area contributed by atoms with Crippen molar-refractivity contribution in [2.45, 2.75) is 6.61 Å². The number of carboxylic acid groups (broad SMARTS) is 1. The zero-order valence-electron chi connectivity index (χ0n) is 12.3. The molecule has 0 spiro atoms. The van der Waals surface area contributed by atoms with Crippen LogP contribution >= 0.6 is 22.7 Å². The lowest BCUT2D eigenvalue weighted by Crippen LogP contribution is -2.13. The van der Waals surface area contributed by atoms with Gasteiger partial charge in [0, 0.05) is 4.88 Å². The highest BCUT2D eigenvalue weighted by molar-refractivity contribution is 7.23. The molecule has 1 amide bonds. The molecular weight excluding hydrogens is 348 g/mol. The summed E-state index contributed by atoms with van der Waals surface area (Å²) >= 11 is 2.51. The SMILES string of the molecule is O=C(Nc1nc(C(=O)O)c(-c2cccs2)s1)OCc1ccccc1. The van der Waals surface area contributed by atoms with Crippen molar-refractivity contribution in [2.75, 3.05) is 5.32 Å². The third-order valence-electron chi connectivity index (χ3n) is 3.00. The van der Waals surface area contributed by atoms with Gasteiger partial charge in [0.15, 0.2) is 10.8 Å². The first-order valence-corrected chi connectivity index (χ1v) is 8.59. The summed E-state index contributed by atoms with van der Waals surface area (Å²) in [6.45, 7) is 0.127. The molecule has 24 heavy (non-hydrogen) atoms. The number of nitrogens with zero attached hydrogens (tertiary/aromatic N) is 1. The second-order valence-corrected chi connectivity index (χ2v) is 6.61. The van der Waals surface area contributed by atoms with Gasteiger partial charge in [-0.2, -0.15) is 0 Å². The number of rotatable bonds is 5. The Balaban J connectivity index is 1.70. The summed E-state index contributed by atoms with van der Waals surface area (Å²) in [4.78, 5) is 28.5. The van der Waals surface area contributed by atoms with Gasteiger partial charge in [-0.25, -0.2) is 14.6 Å².